The van der Waals surface area contributed by atoms with Crippen molar-refractivity contribution >= 4 is 5.91 Å². The van der Waals surface area contributed by atoms with Crippen LogP contribution in [0, 0.1) is 6.92 Å². The molecule has 0 aromatic carbocycles. The number of aryl methyl sites for hydroxylation is 1. The van der Waals surface area contributed by atoms with E-state index in [9.17, 15) is 4.79 Å². The van der Waals surface area contributed by atoms with E-state index in [1.54, 1.807) is 6.92 Å². The number of likely N-dealkylation sites (tertiary alicyclic amines) is 1. The maximum atomic E-state index is 12.1. The Balaban J connectivity index is 2.07. The zero-order chi connectivity index (χ0) is 11.5. The molecule has 1 atom stereocenters. The summed E-state index contributed by atoms with van der Waals surface area (Å²) in [5.41, 5.74) is 0.664. The van der Waals surface area contributed by atoms with Gasteiger partial charge in [-0.2, -0.15) is 0 Å². The van der Waals surface area contributed by atoms with Crippen LogP contribution in [0.15, 0.2) is 10.8 Å². The second kappa shape index (κ2) is 4.65. The van der Waals surface area contributed by atoms with Gasteiger partial charge in [0.2, 0.25) is 5.76 Å². The molecule has 1 saturated heterocycles. The Kier molecular flexibility index (Phi) is 3.24. The van der Waals surface area contributed by atoms with Crippen molar-refractivity contribution in [3.8, 4) is 0 Å². The molecule has 5 nitrogen and oxygen atoms in total. The van der Waals surface area contributed by atoms with Crippen LogP contribution in [0.25, 0.3) is 0 Å². The molecule has 1 aromatic heterocycles. The Bertz CT molecular complexity index is 375. The van der Waals surface area contributed by atoms with Crippen molar-refractivity contribution in [2.45, 2.75) is 25.8 Å². The maximum Gasteiger partial charge on any atom is 0.291 e. The lowest BCUT2D eigenvalue weighted by molar-refractivity contribution is 0.0665. The van der Waals surface area contributed by atoms with Gasteiger partial charge in [-0.1, -0.05) is 0 Å². The summed E-state index contributed by atoms with van der Waals surface area (Å²) in [5.74, 6) is 0.326. The molecule has 1 amide bonds. The fourth-order valence-corrected chi connectivity index (χ4v) is 2.05. The fourth-order valence-electron chi connectivity index (χ4n) is 2.05. The lowest BCUT2D eigenvalue weighted by Gasteiger charge is -2.32. The van der Waals surface area contributed by atoms with Gasteiger partial charge in [0.25, 0.3) is 5.91 Å². The molecule has 5 heteroatoms. The first-order valence-electron chi connectivity index (χ1n) is 5.59. The Morgan fingerprint density at radius 2 is 2.50 bits per heavy atom. The van der Waals surface area contributed by atoms with Crippen molar-refractivity contribution in [1.82, 2.24) is 15.2 Å². The van der Waals surface area contributed by atoms with Crippen LogP contribution < -0.4 is 5.32 Å². The summed E-state index contributed by atoms with van der Waals surface area (Å²) in [4.78, 5) is 17.9. The van der Waals surface area contributed by atoms with Crippen LogP contribution in [0.5, 0.6) is 0 Å². The van der Waals surface area contributed by atoms with E-state index >= 15 is 0 Å². The summed E-state index contributed by atoms with van der Waals surface area (Å²) in [5, 5.41) is 3.21. The highest BCUT2D eigenvalue weighted by Crippen LogP contribution is 2.15. The Morgan fingerprint density at radius 1 is 1.69 bits per heavy atom. The summed E-state index contributed by atoms with van der Waals surface area (Å²) < 4.78 is 5.13. The topological polar surface area (TPSA) is 58.4 Å². The molecule has 88 valence electrons. The quantitative estimate of drug-likeness (QED) is 0.806. The number of aromatic nitrogens is 1. The molecule has 1 aliphatic heterocycles. The second-order valence-corrected chi connectivity index (χ2v) is 4.15. The van der Waals surface area contributed by atoms with Crippen LogP contribution in [-0.2, 0) is 0 Å². The minimum atomic E-state index is -0.0463. The Labute approximate surface area is 94.8 Å². The van der Waals surface area contributed by atoms with E-state index in [0.717, 1.165) is 25.9 Å². The van der Waals surface area contributed by atoms with Crippen molar-refractivity contribution in [2.24, 2.45) is 0 Å². The standard InChI is InChI=1S/C11H17N3O2/c1-8-10(16-7-13-8)11(15)14-5-3-4-9(6-14)12-2/h7,9,12H,3-6H2,1-2H3. The highest BCUT2D eigenvalue weighted by atomic mass is 16.3. The normalized spacial score (nSPS) is 21.1. The molecule has 0 radical (unpaired) electrons. The van der Waals surface area contributed by atoms with Crippen LogP contribution in [0.1, 0.15) is 29.1 Å². The number of nitrogens with zero attached hydrogens (tertiary/aromatic N) is 2. The number of likely N-dealkylation sites (N-methyl/N-ethyl adjacent to an activating group) is 1. The largest absolute Gasteiger partial charge is 0.438 e. The van der Waals surface area contributed by atoms with Crippen LogP contribution in [0.4, 0.5) is 0 Å². The van der Waals surface area contributed by atoms with Crippen molar-refractivity contribution in [3.05, 3.63) is 17.8 Å². The van der Waals surface area contributed by atoms with Crippen LogP contribution in [-0.4, -0.2) is 42.0 Å². The highest BCUT2D eigenvalue weighted by molar-refractivity contribution is 5.92. The minimum absolute atomic E-state index is 0.0463. The average Bonchev–Trinajstić information content (AvgIpc) is 2.74. The summed E-state index contributed by atoms with van der Waals surface area (Å²) in [6, 6.07) is 0.390. The summed E-state index contributed by atoms with van der Waals surface area (Å²) >= 11 is 0. The van der Waals surface area contributed by atoms with Crippen LogP contribution >= 0.6 is 0 Å². The molecule has 2 heterocycles. The molecule has 2 rings (SSSR count). The Hall–Kier alpha value is -1.36. The van der Waals surface area contributed by atoms with E-state index < -0.39 is 0 Å². The number of hydrogen-bond donors (Lipinski definition) is 1. The van der Waals surface area contributed by atoms with E-state index in [1.807, 2.05) is 11.9 Å². The number of piperidine rings is 1. The molecule has 1 aromatic rings. The highest BCUT2D eigenvalue weighted by Gasteiger charge is 2.26. The first-order valence-corrected chi connectivity index (χ1v) is 5.59. The number of oxazole rings is 1. The van der Waals surface area contributed by atoms with E-state index in [-0.39, 0.29) is 5.91 Å². The molecule has 1 fully saturated rings. The first-order chi connectivity index (χ1) is 7.72. The van der Waals surface area contributed by atoms with Gasteiger partial charge >= 0.3 is 0 Å². The van der Waals surface area contributed by atoms with Gasteiger partial charge in [-0.15, -0.1) is 0 Å². The van der Waals surface area contributed by atoms with E-state index in [1.165, 1.54) is 6.39 Å². The third kappa shape index (κ3) is 2.09. The molecule has 0 bridgehead atoms. The predicted molar refractivity (Wildman–Crippen MR) is 59.2 cm³/mol. The summed E-state index contributed by atoms with van der Waals surface area (Å²) in [6.07, 6.45) is 3.47. The van der Waals surface area contributed by atoms with Gasteiger partial charge < -0.3 is 14.6 Å². The molecule has 16 heavy (non-hydrogen) atoms. The summed E-state index contributed by atoms with van der Waals surface area (Å²) in [7, 11) is 1.93. The SMILES string of the molecule is CNC1CCCN(C(=O)c2ocnc2C)C1. The second-order valence-electron chi connectivity index (χ2n) is 4.15. The monoisotopic (exact) mass is 223 g/mol. The molecular weight excluding hydrogens is 206 g/mol. The van der Waals surface area contributed by atoms with Crippen molar-refractivity contribution in [2.75, 3.05) is 20.1 Å². The average molecular weight is 223 g/mol. The smallest absolute Gasteiger partial charge is 0.291 e. The van der Waals surface area contributed by atoms with Crippen molar-refractivity contribution in [3.63, 3.8) is 0 Å². The number of rotatable bonds is 2. The summed E-state index contributed by atoms with van der Waals surface area (Å²) in [6.45, 7) is 3.34. The van der Waals surface area contributed by atoms with Gasteiger partial charge in [0, 0.05) is 19.1 Å². The third-order valence-electron chi connectivity index (χ3n) is 3.06. The molecule has 0 saturated carbocycles. The lowest BCUT2D eigenvalue weighted by atomic mass is 10.1. The van der Waals surface area contributed by atoms with Gasteiger partial charge in [-0.25, -0.2) is 4.98 Å². The predicted octanol–water partition coefficient (Wildman–Crippen LogP) is 0.807. The zero-order valence-corrected chi connectivity index (χ0v) is 9.69. The van der Waals surface area contributed by atoms with Crippen LogP contribution in [0.2, 0.25) is 0 Å². The third-order valence-corrected chi connectivity index (χ3v) is 3.06. The zero-order valence-electron chi connectivity index (χ0n) is 9.69. The van der Waals surface area contributed by atoms with Crippen molar-refractivity contribution in [1.29, 1.82) is 0 Å². The van der Waals surface area contributed by atoms with E-state index in [4.69, 9.17) is 4.42 Å². The first kappa shape index (κ1) is 11.1. The number of amides is 1. The van der Waals surface area contributed by atoms with E-state index in [0.29, 0.717) is 17.5 Å². The van der Waals surface area contributed by atoms with Gasteiger partial charge in [0.15, 0.2) is 6.39 Å². The molecule has 1 aliphatic rings. The minimum Gasteiger partial charge on any atom is -0.438 e. The van der Waals surface area contributed by atoms with Crippen LogP contribution in [0.3, 0.4) is 0 Å². The van der Waals surface area contributed by atoms with E-state index in [2.05, 4.69) is 10.3 Å². The van der Waals surface area contributed by atoms with Gasteiger partial charge in [-0.3, -0.25) is 4.79 Å². The molecule has 0 spiro atoms. The number of carbonyl (C=O) groups excluding carboxylic acids is 1. The van der Waals surface area contributed by atoms with Gasteiger partial charge in [-0.05, 0) is 26.8 Å². The fraction of sp³-hybridized carbons (Fsp3) is 0.636. The molecule has 1 N–H and O–H groups in total. The lowest BCUT2D eigenvalue weighted by Crippen LogP contribution is -2.47. The number of carbonyl (C=O) groups is 1. The van der Waals surface area contributed by atoms with Gasteiger partial charge in [0.05, 0.1) is 5.69 Å². The van der Waals surface area contributed by atoms with Crippen molar-refractivity contribution < 1.29 is 9.21 Å². The molecule has 0 aliphatic carbocycles. The molecular formula is C11H17N3O2. The molecule has 1 unspecified atom stereocenters. The van der Waals surface area contributed by atoms with Gasteiger partial charge in [0.1, 0.15) is 0 Å². The number of hydrogen-bond acceptors (Lipinski definition) is 4. The number of nitrogens with one attached hydrogen (secondary N) is 1. The Morgan fingerprint density at radius 3 is 3.12 bits per heavy atom. The maximum absolute atomic E-state index is 12.1.